The van der Waals surface area contributed by atoms with E-state index in [1.54, 1.807) is 6.92 Å². The molecular formula is C11H17N3O3. The fraction of sp³-hybridized carbons (Fsp3) is 0.545. The maximum absolute atomic E-state index is 11.2. The molecule has 17 heavy (non-hydrogen) atoms. The van der Waals surface area contributed by atoms with Crippen molar-refractivity contribution in [1.29, 1.82) is 0 Å². The molecule has 1 rings (SSSR count). The van der Waals surface area contributed by atoms with Gasteiger partial charge in [0.15, 0.2) is 0 Å². The van der Waals surface area contributed by atoms with Crippen LogP contribution in [0.5, 0.6) is 0 Å². The summed E-state index contributed by atoms with van der Waals surface area (Å²) in [7, 11) is 0. The first-order chi connectivity index (χ1) is 8.02. The monoisotopic (exact) mass is 239 g/mol. The summed E-state index contributed by atoms with van der Waals surface area (Å²) in [5.74, 6) is -0.121. The van der Waals surface area contributed by atoms with E-state index in [0.717, 1.165) is 0 Å². The lowest BCUT2D eigenvalue weighted by molar-refractivity contribution is -0.141. The van der Waals surface area contributed by atoms with Gasteiger partial charge < -0.3 is 15.4 Å². The summed E-state index contributed by atoms with van der Waals surface area (Å²) in [5, 5.41) is 11.7. The van der Waals surface area contributed by atoms with Crippen molar-refractivity contribution in [3.8, 4) is 0 Å². The molecule has 0 aromatic carbocycles. The Hall–Kier alpha value is -1.85. The molecule has 0 bridgehead atoms. The minimum Gasteiger partial charge on any atom is -0.481 e. The van der Waals surface area contributed by atoms with E-state index in [2.05, 4.69) is 15.3 Å². The number of nitrogens with one attached hydrogen (secondary N) is 2. The van der Waals surface area contributed by atoms with Gasteiger partial charge in [-0.2, -0.15) is 0 Å². The molecule has 1 aromatic heterocycles. The predicted molar refractivity (Wildman–Crippen MR) is 64.1 cm³/mol. The fourth-order valence-electron chi connectivity index (χ4n) is 1.31. The van der Waals surface area contributed by atoms with E-state index >= 15 is 0 Å². The first-order valence-corrected chi connectivity index (χ1v) is 5.59. The van der Waals surface area contributed by atoms with Crippen LogP contribution in [0.15, 0.2) is 10.9 Å². The topological polar surface area (TPSA) is 95.1 Å². The van der Waals surface area contributed by atoms with Crippen molar-refractivity contribution in [3.63, 3.8) is 0 Å². The van der Waals surface area contributed by atoms with Crippen LogP contribution in [0.3, 0.4) is 0 Å². The van der Waals surface area contributed by atoms with Crippen LogP contribution in [0, 0.1) is 5.92 Å². The van der Waals surface area contributed by atoms with E-state index in [4.69, 9.17) is 5.11 Å². The third-order valence-electron chi connectivity index (χ3n) is 2.43. The van der Waals surface area contributed by atoms with E-state index in [-0.39, 0.29) is 5.56 Å². The molecule has 3 N–H and O–H groups in total. The van der Waals surface area contributed by atoms with Gasteiger partial charge in [0.1, 0.15) is 11.6 Å². The highest BCUT2D eigenvalue weighted by molar-refractivity contribution is 5.69. The summed E-state index contributed by atoms with van der Waals surface area (Å²) in [6, 6.07) is 1.37. The number of aromatic nitrogens is 2. The zero-order valence-electron chi connectivity index (χ0n) is 9.99. The maximum atomic E-state index is 11.2. The molecule has 6 heteroatoms. The molecule has 0 saturated carbocycles. The van der Waals surface area contributed by atoms with Crippen LogP contribution >= 0.6 is 0 Å². The number of H-pyrrole nitrogens is 1. The second-order valence-corrected chi connectivity index (χ2v) is 3.89. The second-order valence-electron chi connectivity index (χ2n) is 3.89. The highest BCUT2D eigenvalue weighted by Crippen LogP contribution is 2.04. The van der Waals surface area contributed by atoms with Crippen LogP contribution in [-0.2, 0) is 11.2 Å². The Labute approximate surface area is 99.1 Å². The molecule has 94 valence electrons. The van der Waals surface area contributed by atoms with Crippen molar-refractivity contribution >= 4 is 11.8 Å². The Bertz CT molecular complexity index is 442. The van der Waals surface area contributed by atoms with Crippen LogP contribution in [0.25, 0.3) is 0 Å². The van der Waals surface area contributed by atoms with E-state index in [0.29, 0.717) is 31.0 Å². The number of hydrogen-bond donors (Lipinski definition) is 3. The van der Waals surface area contributed by atoms with E-state index in [9.17, 15) is 9.59 Å². The summed E-state index contributed by atoms with van der Waals surface area (Å²) in [6.07, 6.45) is 1.14. The summed E-state index contributed by atoms with van der Waals surface area (Å²) >= 11 is 0. The van der Waals surface area contributed by atoms with Crippen molar-refractivity contribution in [2.45, 2.75) is 26.7 Å². The molecule has 6 nitrogen and oxygen atoms in total. The number of anilines is 1. The Morgan fingerprint density at radius 3 is 2.94 bits per heavy atom. The number of carboxylic acids is 1. The molecule has 0 aliphatic carbocycles. The van der Waals surface area contributed by atoms with Crippen molar-refractivity contribution in [2.75, 3.05) is 11.9 Å². The zero-order valence-corrected chi connectivity index (χ0v) is 9.99. The Kier molecular flexibility index (Phi) is 4.68. The van der Waals surface area contributed by atoms with Crippen LogP contribution < -0.4 is 10.9 Å². The van der Waals surface area contributed by atoms with Gasteiger partial charge in [-0.15, -0.1) is 0 Å². The lowest BCUT2D eigenvalue weighted by Gasteiger charge is -2.08. The van der Waals surface area contributed by atoms with Gasteiger partial charge in [-0.25, -0.2) is 4.98 Å². The summed E-state index contributed by atoms with van der Waals surface area (Å²) < 4.78 is 0. The number of aromatic amines is 1. The molecule has 1 aromatic rings. The predicted octanol–water partition coefficient (Wildman–Crippen LogP) is 0.855. The second kappa shape index (κ2) is 6.03. The van der Waals surface area contributed by atoms with Gasteiger partial charge >= 0.3 is 5.97 Å². The normalized spacial score (nSPS) is 12.1. The van der Waals surface area contributed by atoms with Gasteiger partial charge in [0.25, 0.3) is 5.56 Å². The number of carboxylic acid groups (broad SMARTS) is 1. The van der Waals surface area contributed by atoms with Gasteiger partial charge in [0.05, 0.1) is 5.92 Å². The van der Waals surface area contributed by atoms with Crippen LogP contribution in [0.4, 0.5) is 5.82 Å². The minimum absolute atomic E-state index is 0.203. The lowest BCUT2D eigenvalue weighted by atomic mass is 10.1. The summed E-state index contributed by atoms with van der Waals surface area (Å²) in [6.45, 7) is 4.02. The molecule has 1 atom stereocenters. The number of rotatable bonds is 6. The molecule has 0 saturated heterocycles. The standard InChI is InChI=1S/C11H17N3O3/c1-3-8-13-9(6-10(15)14-8)12-5-4-7(2)11(16)17/h6-7H,3-5H2,1-2H3,(H,16,17)(H2,12,13,14,15). The quantitative estimate of drug-likeness (QED) is 0.684. The van der Waals surface area contributed by atoms with E-state index in [1.165, 1.54) is 6.07 Å². The van der Waals surface area contributed by atoms with Crippen LogP contribution in [-0.4, -0.2) is 27.6 Å². The molecule has 0 radical (unpaired) electrons. The Morgan fingerprint density at radius 1 is 1.65 bits per heavy atom. The molecule has 1 unspecified atom stereocenters. The van der Waals surface area contributed by atoms with Crippen LogP contribution in [0.2, 0.25) is 0 Å². The smallest absolute Gasteiger partial charge is 0.306 e. The molecule has 0 amide bonds. The van der Waals surface area contributed by atoms with Crippen molar-refractivity contribution < 1.29 is 9.90 Å². The van der Waals surface area contributed by atoms with E-state index < -0.39 is 11.9 Å². The molecule has 0 aliphatic heterocycles. The highest BCUT2D eigenvalue weighted by atomic mass is 16.4. The molecule has 0 aliphatic rings. The average Bonchev–Trinajstić information content (AvgIpc) is 2.27. The van der Waals surface area contributed by atoms with Gasteiger partial charge in [0.2, 0.25) is 0 Å². The Morgan fingerprint density at radius 2 is 2.35 bits per heavy atom. The SMILES string of the molecule is CCc1nc(NCCC(C)C(=O)O)cc(=O)[nH]1. The zero-order chi connectivity index (χ0) is 12.8. The number of aliphatic carboxylic acids is 1. The number of hydrogen-bond acceptors (Lipinski definition) is 4. The average molecular weight is 239 g/mol. The highest BCUT2D eigenvalue weighted by Gasteiger charge is 2.10. The number of nitrogens with zero attached hydrogens (tertiary/aromatic N) is 1. The first kappa shape index (κ1) is 13.2. The maximum Gasteiger partial charge on any atom is 0.306 e. The third kappa shape index (κ3) is 4.26. The lowest BCUT2D eigenvalue weighted by Crippen LogP contribution is -2.17. The van der Waals surface area contributed by atoms with Gasteiger partial charge in [-0.1, -0.05) is 13.8 Å². The minimum atomic E-state index is -0.820. The largest absolute Gasteiger partial charge is 0.481 e. The van der Waals surface area contributed by atoms with Gasteiger partial charge in [-0.3, -0.25) is 9.59 Å². The van der Waals surface area contributed by atoms with Gasteiger partial charge in [0, 0.05) is 19.0 Å². The van der Waals surface area contributed by atoms with Crippen molar-refractivity contribution in [1.82, 2.24) is 9.97 Å². The molecule has 1 heterocycles. The van der Waals surface area contributed by atoms with Crippen molar-refractivity contribution in [3.05, 3.63) is 22.2 Å². The third-order valence-corrected chi connectivity index (χ3v) is 2.43. The molecule has 0 fully saturated rings. The van der Waals surface area contributed by atoms with E-state index in [1.807, 2.05) is 6.92 Å². The number of carbonyl (C=O) groups is 1. The van der Waals surface area contributed by atoms with Crippen molar-refractivity contribution in [2.24, 2.45) is 5.92 Å². The summed E-state index contributed by atoms with van der Waals surface area (Å²) in [4.78, 5) is 28.6. The number of aryl methyl sites for hydroxylation is 1. The fourth-order valence-corrected chi connectivity index (χ4v) is 1.31. The first-order valence-electron chi connectivity index (χ1n) is 5.59. The summed E-state index contributed by atoms with van der Waals surface area (Å²) in [5.41, 5.74) is -0.203. The van der Waals surface area contributed by atoms with Gasteiger partial charge in [-0.05, 0) is 6.42 Å². The molecule has 0 spiro atoms. The Balaban J connectivity index is 2.55. The molecular weight excluding hydrogens is 222 g/mol. The van der Waals surface area contributed by atoms with Crippen LogP contribution in [0.1, 0.15) is 26.1 Å².